The zero-order valence-corrected chi connectivity index (χ0v) is 11.3. The molecule has 18 heavy (non-hydrogen) atoms. The summed E-state index contributed by atoms with van der Waals surface area (Å²) < 4.78 is 37.0. The van der Waals surface area contributed by atoms with E-state index in [-0.39, 0.29) is 22.8 Å². The lowest BCUT2D eigenvalue weighted by molar-refractivity contribution is -0.170. The normalized spacial score (nSPS) is 11.6. The third kappa shape index (κ3) is 3.55. The highest BCUT2D eigenvalue weighted by atomic mass is 32.2. The molecule has 0 aromatic carbocycles. The van der Waals surface area contributed by atoms with Crippen molar-refractivity contribution in [3.05, 3.63) is 10.6 Å². The zero-order valence-electron chi connectivity index (χ0n) is 9.63. The van der Waals surface area contributed by atoms with E-state index in [1.807, 2.05) is 0 Å². The summed E-state index contributed by atoms with van der Waals surface area (Å²) in [4.78, 5) is 26.5. The molecule has 1 aromatic rings. The minimum atomic E-state index is -4.89. The van der Waals surface area contributed by atoms with E-state index < -0.39 is 18.4 Å². The molecule has 0 atom stereocenters. The third-order valence-corrected chi connectivity index (χ3v) is 4.19. The van der Waals surface area contributed by atoms with Gasteiger partial charge in [-0.3, -0.25) is 9.59 Å². The van der Waals surface area contributed by atoms with E-state index in [9.17, 15) is 22.8 Å². The van der Waals surface area contributed by atoms with Crippen molar-refractivity contribution >= 4 is 34.7 Å². The number of Topliss-reactive ketones (excluding diaryl/α,β-unsaturated/α-hetero) is 2. The van der Waals surface area contributed by atoms with Crippen molar-refractivity contribution in [2.24, 2.45) is 0 Å². The molecule has 0 aliphatic rings. The van der Waals surface area contributed by atoms with Crippen molar-refractivity contribution in [2.45, 2.75) is 30.3 Å². The lowest BCUT2D eigenvalue weighted by Crippen LogP contribution is -2.25. The topological polar surface area (TPSA) is 47.0 Å². The van der Waals surface area contributed by atoms with E-state index in [2.05, 4.69) is 4.98 Å². The van der Waals surface area contributed by atoms with E-state index in [0.29, 0.717) is 4.34 Å². The van der Waals surface area contributed by atoms with Crippen molar-refractivity contribution in [2.75, 3.05) is 6.26 Å². The van der Waals surface area contributed by atoms with Gasteiger partial charge in [-0.15, -0.1) is 11.3 Å². The molecule has 100 valence electrons. The molecular formula is C10H10F3NO2S2. The van der Waals surface area contributed by atoms with Crippen molar-refractivity contribution < 1.29 is 22.8 Å². The Balaban J connectivity index is 3.04. The largest absolute Gasteiger partial charge is 0.450 e. The Hall–Kier alpha value is -0.890. The van der Waals surface area contributed by atoms with Crippen molar-refractivity contribution in [1.29, 1.82) is 0 Å². The molecule has 1 aromatic heterocycles. The summed E-state index contributed by atoms with van der Waals surface area (Å²) in [6.45, 7) is 1.61. The molecule has 8 heteroatoms. The van der Waals surface area contributed by atoms with Crippen LogP contribution in [0.4, 0.5) is 13.2 Å². The standard InChI is InChI=1S/C10H10F3NO2S2/c1-3-6(15)8-5(14-9(17-2)18-8)4-7(16)10(11,12)13/h3-4H2,1-2H3. The molecule has 1 rings (SSSR count). The molecule has 0 unspecified atom stereocenters. The Morgan fingerprint density at radius 3 is 2.44 bits per heavy atom. The Kier molecular flexibility index (Phi) is 4.92. The summed E-state index contributed by atoms with van der Waals surface area (Å²) in [5.74, 6) is -2.18. The average Bonchev–Trinajstić information content (AvgIpc) is 2.70. The second-order valence-corrected chi connectivity index (χ2v) is 5.39. The molecule has 0 amide bonds. The summed E-state index contributed by atoms with van der Waals surface area (Å²) in [7, 11) is 0. The summed E-state index contributed by atoms with van der Waals surface area (Å²) >= 11 is 2.26. The van der Waals surface area contributed by atoms with Gasteiger partial charge in [0.2, 0.25) is 5.78 Å². The van der Waals surface area contributed by atoms with Crippen LogP contribution in [0.15, 0.2) is 4.34 Å². The lowest BCUT2D eigenvalue weighted by atomic mass is 10.1. The Labute approximate surface area is 110 Å². The number of carbonyl (C=O) groups is 2. The first-order chi connectivity index (χ1) is 8.29. The highest BCUT2D eigenvalue weighted by molar-refractivity contribution is 8.00. The number of carbonyl (C=O) groups excluding carboxylic acids is 2. The number of halogens is 3. The summed E-state index contributed by atoms with van der Waals surface area (Å²) in [6, 6.07) is 0. The molecule has 0 N–H and O–H groups in total. The number of alkyl halides is 3. The van der Waals surface area contributed by atoms with Crippen LogP contribution in [-0.4, -0.2) is 29.0 Å². The number of thioether (sulfide) groups is 1. The van der Waals surface area contributed by atoms with Crippen LogP contribution in [0.3, 0.4) is 0 Å². The van der Waals surface area contributed by atoms with Crippen LogP contribution < -0.4 is 0 Å². The second-order valence-electron chi connectivity index (χ2n) is 3.33. The molecule has 0 bridgehead atoms. The fourth-order valence-corrected chi connectivity index (χ4v) is 2.78. The van der Waals surface area contributed by atoms with Gasteiger partial charge in [-0.2, -0.15) is 13.2 Å². The number of aromatic nitrogens is 1. The Morgan fingerprint density at radius 1 is 1.39 bits per heavy atom. The molecule has 0 aliphatic heterocycles. The number of thiazole rings is 1. The number of nitrogens with zero attached hydrogens (tertiary/aromatic N) is 1. The van der Waals surface area contributed by atoms with Gasteiger partial charge in [-0.25, -0.2) is 4.98 Å². The van der Waals surface area contributed by atoms with Crippen LogP contribution in [0.25, 0.3) is 0 Å². The minimum Gasteiger partial charge on any atom is -0.293 e. The summed E-state index contributed by atoms with van der Waals surface area (Å²) in [5.41, 5.74) is -0.0708. The number of hydrogen-bond donors (Lipinski definition) is 0. The van der Waals surface area contributed by atoms with Gasteiger partial charge in [0.05, 0.1) is 17.0 Å². The van der Waals surface area contributed by atoms with E-state index in [1.165, 1.54) is 11.8 Å². The zero-order chi connectivity index (χ0) is 13.9. The molecule has 3 nitrogen and oxygen atoms in total. The fourth-order valence-electron chi connectivity index (χ4n) is 1.17. The van der Waals surface area contributed by atoms with E-state index >= 15 is 0 Å². The summed E-state index contributed by atoms with van der Waals surface area (Å²) in [5, 5.41) is 0. The van der Waals surface area contributed by atoms with Gasteiger partial charge in [-0.1, -0.05) is 18.7 Å². The third-order valence-electron chi connectivity index (χ3n) is 2.07. The first-order valence-electron chi connectivity index (χ1n) is 4.96. The van der Waals surface area contributed by atoms with Crippen LogP contribution in [-0.2, 0) is 11.2 Å². The predicted octanol–water partition coefficient (Wildman–Crippen LogP) is 3.13. The molecule has 0 saturated heterocycles. The van der Waals surface area contributed by atoms with Crippen LogP contribution in [0.1, 0.15) is 28.7 Å². The predicted molar refractivity (Wildman–Crippen MR) is 63.3 cm³/mol. The van der Waals surface area contributed by atoms with Crippen LogP contribution in [0, 0.1) is 0 Å². The lowest BCUT2D eigenvalue weighted by Gasteiger charge is -2.04. The summed E-state index contributed by atoms with van der Waals surface area (Å²) in [6.07, 6.45) is -3.89. The highest BCUT2D eigenvalue weighted by Gasteiger charge is 2.39. The SMILES string of the molecule is CCC(=O)c1sc(SC)nc1CC(=O)C(F)(F)F. The van der Waals surface area contributed by atoms with Gasteiger partial charge in [0.15, 0.2) is 10.1 Å². The number of hydrogen-bond acceptors (Lipinski definition) is 5. The van der Waals surface area contributed by atoms with Crippen LogP contribution >= 0.6 is 23.1 Å². The smallest absolute Gasteiger partial charge is 0.293 e. The van der Waals surface area contributed by atoms with Crippen molar-refractivity contribution in [3.63, 3.8) is 0 Å². The maximum atomic E-state index is 12.2. The van der Waals surface area contributed by atoms with Crippen LogP contribution in [0.5, 0.6) is 0 Å². The molecule has 0 aliphatic carbocycles. The number of rotatable bonds is 5. The minimum absolute atomic E-state index is 0.0708. The van der Waals surface area contributed by atoms with E-state index in [4.69, 9.17) is 0 Å². The van der Waals surface area contributed by atoms with Gasteiger partial charge < -0.3 is 0 Å². The molecule has 0 saturated carbocycles. The molecule has 0 radical (unpaired) electrons. The van der Waals surface area contributed by atoms with Gasteiger partial charge in [-0.05, 0) is 6.26 Å². The maximum absolute atomic E-state index is 12.2. The molecule has 0 spiro atoms. The molecule has 0 fully saturated rings. The van der Waals surface area contributed by atoms with E-state index in [1.54, 1.807) is 13.2 Å². The molecular weight excluding hydrogens is 287 g/mol. The highest BCUT2D eigenvalue weighted by Crippen LogP contribution is 2.29. The number of ketones is 2. The quantitative estimate of drug-likeness (QED) is 0.619. The molecule has 1 heterocycles. The first kappa shape index (κ1) is 15.2. The van der Waals surface area contributed by atoms with Gasteiger partial charge in [0.1, 0.15) is 0 Å². The Bertz CT molecular complexity index is 468. The van der Waals surface area contributed by atoms with Gasteiger partial charge in [0, 0.05) is 6.42 Å². The average molecular weight is 297 g/mol. The monoisotopic (exact) mass is 297 g/mol. The van der Waals surface area contributed by atoms with Crippen LogP contribution in [0.2, 0.25) is 0 Å². The van der Waals surface area contributed by atoms with Crippen molar-refractivity contribution in [3.8, 4) is 0 Å². The van der Waals surface area contributed by atoms with E-state index in [0.717, 1.165) is 11.3 Å². The van der Waals surface area contributed by atoms with Gasteiger partial charge in [0.25, 0.3) is 0 Å². The van der Waals surface area contributed by atoms with Crippen molar-refractivity contribution in [1.82, 2.24) is 4.98 Å². The first-order valence-corrected chi connectivity index (χ1v) is 7.00. The fraction of sp³-hybridized carbons (Fsp3) is 0.500. The Morgan fingerprint density at radius 2 is 2.00 bits per heavy atom. The maximum Gasteiger partial charge on any atom is 0.450 e. The second kappa shape index (κ2) is 5.83. The van der Waals surface area contributed by atoms with Gasteiger partial charge >= 0.3 is 6.18 Å².